The van der Waals surface area contributed by atoms with Crippen LogP contribution >= 0.6 is 0 Å². The number of aromatic nitrogens is 2. The molecule has 0 radical (unpaired) electrons. The van der Waals surface area contributed by atoms with Crippen LogP contribution in [0.5, 0.6) is 11.5 Å². The normalized spacial score (nSPS) is 16.6. The van der Waals surface area contributed by atoms with Gasteiger partial charge >= 0.3 is 0 Å². The summed E-state index contributed by atoms with van der Waals surface area (Å²) in [6.45, 7) is 19.3. The largest absolute Gasteiger partial charge is 0.457 e. The first-order valence-corrected chi connectivity index (χ1v) is 25.7. The van der Waals surface area contributed by atoms with Gasteiger partial charge in [-0.05, 0) is 134 Å². The maximum absolute atomic E-state index is 9.28. The Hall–Kier alpha value is -7.89. The van der Waals surface area contributed by atoms with Crippen LogP contribution in [-0.4, -0.2) is 9.55 Å². The topological polar surface area (TPSA) is 51.1 Å². The van der Waals surface area contributed by atoms with Crippen molar-refractivity contribution in [2.24, 2.45) is 0 Å². The molecule has 10 aromatic rings. The summed E-state index contributed by atoms with van der Waals surface area (Å²) < 4.78 is 115. The molecule has 0 saturated heterocycles. The van der Waals surface area contributed by atoms with E-state index in [0.29, 0.717) is 56.3 Å². The fourth-order valence-corrected chi connectivity index (χ4v) is 10.7. The molecule has 0 aliphatic heterocycles. The molecule has 5 heteroatoms. The third-order valence-corrected chi connectivity index (χ3v) is 15.0. The predicted molar refractivity (Wildman–Crippen MR) is 318 cm³/mol. The molecule has 2 N–H and O–H groups in total. The van der Waals surface area contributed by atoms with E-state index in [1.807, 2.05) is 66.7 Å². The van der Waals surface area contributed by atoms with E-state index in [4.69, 9.17) is 24.8 Å². The van der Waals surface area contributed by atoms with Crippen LogP contribution in [0, 0.1) is 6.85 Å². The van der Waals surface area contributed by atoms with Gasteiger partial charge in [-0.25, -0.2) is 4.98 Å². The van der Waals surface area contributed by atoms with Crippen molar-refractivity contribution < 1.29 is 21.2 Å². The fraction of sp³-hybridized carbons (Fsp3) is 0.243. The van der Waals surface area contributed by atoms with E-state index in [-0.39, 0.29) is 73.7 Å². The molecule has 0 bridgehead atoms. The van der Waals surface area contributed by atoms with Crippen LogP contribution in [-0.2, 0) is 21.7 Å². The quantitative estimate of drug-likeness (QED) is 0.143. The molecule has 0 spiro atoms. The molecule has 11 rings (SSSR count). The average Bonchev–Trinajstić information content (AvgIpc) is 1.70. The molecule has 0 atom stereocenters. The minimum atomic E-state index is -2.61. The average molecular weight is 995 g/mol. The molecule has 0 saturated carbocycles. The second kappa shape index (κ2) is 18.8. The maximum Gasteiger partial charge on any atom is 0.137 e. The van der Waals surface area contributed by atoms with Gasteiger partial charge in [0.2, 0.25) is 0 Å². The molecule has 2 aromatic heterocycles. The van der Waals surface area contributed by atoms with Gasteiger partial charge in [0.15, 0.2) is 0 Å². The number of pyridine rings is 1. The number of anilines is 4. The molecule has 1 aliphatic rings. The third kappa shape index (κ3) is 9.50. The zero-order chi connectivity index (χ0) is 62.8. The van der Waals surface area contributed by atoms with Crippen molar-refractivity contribution in [2.45, 2.75) is 111 Å². The lowest BCUT2D eigenvalue weighted by atomic mass is 9.61. The Kier molecular flexibility index (Phi) is 9.26. The van der Waals surface area contributed by atoms with E-state index in [9.17, 15) is 1.37 Å². The number of fused-ring (bicyclic) bond motifs is 4. The van der Waals surface area contributed by atoms with Crippen molar-refractivity contribution in [1.29, 1.82) is 0 Å². The smallest absolute Gasteiger partial charge is 0.137 e. The van der Waals surface area contributed by atoms with Gasteiger partial charge in [-0.3, -0.25) is 4.57 Å². The standard InChI is InChI=1S/C70H70N4O/c1-45-38-64(71-44-58(45)57-29-21-30-59-65(57)70(10,11)37-36-69(59,8)9)74-62-33-18-15-26-55(62)56-35-34-52(43-63(56)74)75-51-25-19-24-50(42-51)72-60-31-16-17-32-61(60)73-66-53(46-22-13-12-14-23-46)27-20-28-54(66)47-39-48(67(2,3)4)41-49(40-47)68(5,6)7/h12-35,38-44,72-73H,36-37H2,1-11H3/i1D3,12D,13D,14D,15D,18D,22D,23D,26D,33D. The Morgan fingerprint density at radius 3 is 1.93 bits per heavy atom. The molecular formula is C70H70N4O. The van der Waals surface area contributed by atoms with Crippen LogP contribution in [0.15, 0.2) is 188 Å². The zero-order valence-corrected chi connectivity index (χ0v) is 44.4. The van der Waals surface area contributed by atoms with E-state index in [1.54, 1.807) is 41.1 Å². The first-order chi connectivity index (χ1) is 40.8. The lowest BCUT2D eigenvalue weighted by Gasteiger charge is -2.43. The van der Waals surface area contributed by atoms with E-state index in [1.165, 1.54) is 11.6 Å². The number of hydrogen-bond donors (Lipinski definition) is 2. The van der Waals surface area contributed by atoms with Crippen molar-refractivity contribution in [3.05, 3.63) is 216 Å². The molecule has 0 fully saturated rings. The highest BCUT2D eigenvalue weighted by atomic mass is 16.5. The van der Waals surface area contributed by atoms with Crippen LogP contribution in [0.2, 0.25) is 0 Å². The molecule has 376 valence electrons. The Bertz CT molecular complexity index is 4390. The molecule has 0 amide bonds. The van der Waals surface area contributed by atoms with Crippen molar-refractivity contribution in [3.63, 3.8) is 0 Å². The maximum atomic E-state index is 9.28. The second-order valence-corrected chi connectivity index (χ2v) is 23.3. The van der Waals surface area contributed by atoms with Gasteiger partial charge in [0.25, 0.3) is 0 Å². The number of nitrogens with one attached hydrogen (secondary N) is 2. The number of nitrogens with zero attached hydrogens (tertiary/aromatic N) is 2. The first kappa shape index (κ1) is 36.9. The monoisotopic (exact) mass is 995 g/mol. The Balaban J connectivity index is 0.997. The third-order valence-electron chi connectivity index (χ3n) is 15.0. The van der Waals surface area contributed by atoms with E-state index in [0.717, 1.165) is 46.2 Å². The summed E-state index contributed by atoms with van der Waals surface area (Å²) in [5.74, 6) is 0.950. The van der Waals surface area contributed by atoms with Crippen molar-refractivity contribution in [1.82, 2.24) is 9.55 Å². The first-order valence-electron chi connectivity index (χ1n) is 31.7. The zero-order valence-electron chi connectivity index (χ0n) is 56.4. The minimum Gasteiger partial charge on any atom is -0.457 e. The van der Waals surface area contributed by atoms with Crippen molar-refractivity contribution in [2.75, 3.05) is 10.6 Å². The van der Waals surface area contributed by atoms with Gasteiger partial charge in [0, 0.05) is 55.6 Å². The SMILES string of the molecule is [2H]c1c([2H])c([2H])c(-c2cccc(-c3cc(C(C)(C)C)cc(C(C)(C)C)c3)c2Nc2ccccc2Nc2cccc(Oc3ccc4c5c([2H])c([2H])c([2H])c([2H])c5n(-c5cc(C([2H])([2H])[2H])c(-c6cccc7c6C(C)(C)CCC7(C)C)cn5)c4c3)c2)c([2H])c1[2H]. The molecule has 0 unspecified atom stereocenters. The van der Waals surface area contributed by atoms with Gasteiger partial charge in [0.1, 0.15) is 17.3 Å². The van der Waals surface area contributed by atoms with Gasteiger partial charge in [-0.2, -0.15) is 0 Å². The Labute approximate surface area is 461 Å². The highest BCUT2D eigenvalue weighted by Gasteiger charge is 2.39. The van der Waals surface area contributed by atoms with Crippen molar-refractivity contribution in [3.8, 4) is 50.7 Å². The van der Waals surface area contributed by atoms with Crippen LogP contribution in [0.4, 0.5) is 22.7 Å². The highest BCUT2D eigenvalue weighted by molar-refractivity contribution is 6.09. The van der Waals surface area contributed by atoms with Gasteiger partial charge in [-0.1, -0.05) is 190 Å². The predicted octanol–water partition coefficient (Wildman–Crippen LogP) is 19.7. The Morgan fingerprint density at radius 1 is 0.560 bits per heavy atom. The molecule has 2 heterocycles. The summed E-state index contributed by atoms with van der Waals surface area (Å²) in [6.07, 6.45) is 3.48. The second-order valence-electron chi connectivity index (χ2n) is 23.3. The molecule has 1 aliphatic carbocycles. The van der Waals surface area contributed by atoms with Gasteiger partial charge < -0.3 is 15.4 Å². The highest BCUT2D eigenvalue weighted by Crippen LogP contribution is 2.50. The summed E-state index contributed by atoms with van der Waals surface area (Å²) in [7, 11) is 0. The molecule has 5 nitrogen and oxygen atoms in total. The minimum absolute atomic E-state index is 0.0590. The number of hydrogen-bond acceptors (Lipinski definition) is 4. The van der Waals surface area contributed by atoms with Gasteiger partial charge in [0.05, 0.1) is 40.4 Å². The lowest BCUT2D eigenvalue weighted by molar-refractivity contribution is 0.333. The number of rotatable bonds is 10. The van der Waals surface area contributed by atoms with Crippen LogP contribution < -0.4 is 15.4 Å². The number of ether oxygens (including phenoxy) is 1. The number of aryl methyl sites for hydroxylation is 1. The summed E-state index contributed by atoms with van der Waals surface area (Å²) in [5.41, 5.74) is 10.1. The summed E-state index contributed by atoms with van der Waals surface area (Å²) in [5, 5.41) is 7.99. The van der Waals surface area contributed by atoms with E-state index >= 15 is 0 Å². The lowest BCUT2D eigenvalue weighted by Crippen LogP contribution is -2.34. The van der Waals surface area contributed by atoms with Crippen molar-refractivity contribution >= 4 is 44.6 Å². The van der Waals surface area contributed by atoms with Crippen LogP contribution in [0.25, 0.3) is 61.0 Å². The molecule has 75 heavy (non-hydrogen) atoms. The molecule has 8 aromatic carbocycles. The summed E-state index contributed by atoms with van der Waals surface area (Å²) in [6, 6.07) is 36.5. The van der Waals surface area contributed by atoms with Crippen LogP contribution in [0.3, 0.4) is 0 Å². The van der Waals surface area contributed by atoms with Gasteiger partial charge in [-0.15, -0.1) is 0 Å². The number of para-hydroxylation sites is 4. The summed E-state index contributed by atoms with van der Waals surface area (Å²) in [4.78, 5) is 4.98. The number of benzene rings is 8. The Morgan fingerprint density at radius 2 is 1.20 bits per heavy atom. The summed E-state index contributed by atoms with van der Waals surface area (Å²) >= 11 is 0. The molecular weight excluding hydrogens is 913 g/mol. The van der Waals surface area contributed by atoms with Crippen LogP contribution in [0.1, 0.15) is 126 Å². The van der Waals surface area contributed by atoms with E-state index < -0.39 is 37.1 Å². The van der Waals surface area contributed by atoms with E-state index in [2.05, 4.69) is 104 Å². The fourth-order valence-electron chi connectivity index (χ4n) is 10.7.